The largest absolute Gasteiger partial charge is 0.192 e. The van der Waals surface area contributed by atoms with Crippen LogP contribution in [-0.2, 0) is 0 Å². The molecule has 0 fully saturated rings. The van der Waals surface area contributed by atoms with Gasteiger partial charge < -0.3 is 0 Å². The molecule has 0 unspecified atom stereocenters. The van der Waals surface area contributed by atoms with Crippen LogP contribution < -0.4 is 0 Å². The summed E-state index contributed by atoms with van der Waals surface area (Å²) < 4.78 is 0.978. The molecule has 0 aliphatic rings. The van der Waals surface area contributed by atoms with Crippen molar-refractivity contribution in [1.29, 1.82) is 5.26 Å². The van der Waals surface area contributed by atoms with Gasteiger partial charge >= 0.3 is 0 Å². The second-order valence-electron chi connectivity index (χ2n) is 1.54. The molecule has 0 aromatic heterocycles. The molecular formula is C7H3IN. The van der Waals surface area contributed by atoms with Crippen LogP contribution in [0, 0.1) is 21.0 Å². The number of hydrogen-bond acceptors (Lipinski definition) is 1. The van der Waals surface area contributed by atoms with E-state index < -0.39 is 0 Å². The summed E-state index contributed by atoms with van der Waals surface area (Å²) in [5.41, 5.74) is 0.693. The molecule has 0 heterocycles. The Kier molecular flexibility index (Phi) is 2.06. The second-order valence-corrected chi connectivity index (χ2v) is 2.70. The van der Waals surface area contributed by atoms with Crippen LogP contribution in [-0.4, -0.2) is 0 Å². The van der Waals surface area contributed by atoms with Gasteiger partial charge in [-0.3, -0.25) is 0 Å². The average molecular weight is 228 g/mol. The zero-order chi connectivity index (χ0) is 6.69. The van der Waals surface area contributed by atoms with Crippen molar-refractivity contribution in [3.63, 3.8) is 0 Å². The highest BCUT2D eigenvalue weighted by molar-refractivity contribution is 14.1. The lowest BCUT2D eigenvalue weighted by atomic mass is 10.2. The van der Waals surface area contributed by atoms with Crippen molar-refractivity contribution in [2.75, 3.05) is 0 Å². The summed E-state index contributed by atoms with van der Waals surface area (Å²) in [7, 11) is 0. The summed E-state index contributed by atoms with van der Waals surface area (Å²) in [5, 5.41) is 8.39. The molecule has 0 N–H and O–H groups in total. The summed E-state index contributed by atoms with van der Waals surface area (Å²) in [6.45, 7) is 0. The minimum absolute atomic E-state index is 0.693. The quantitative estimate of drug-likeness (QED) is 0.622. The van der Waals surface area contributed by atoms with E-state index in [4.69, 9.17) is 5.26 Å². The first-order valence-corrected chi connectivity index (χ1v) is 3.48. The lowest BCUT2D eigenvalue weighted by Gasteiger charge is -1.86. The molecule has 0 saturated heterocycles. The Morgan fingerprint density at radius 2 is 2.44 bits per heavy atom. The topological polar surface area (TPSA) is 23.8 Å². The Hall–Kier alpha value is -0.560. The summed E-state index contributed by atoms with van der Waals surface area (Å²) in [6.07, 6.45) is 0. The molecular weight excluding hydrogens is 225 g/mol. The van der Waals surface area contributed by atoms with Crippen LogP contribution in [0.3, 0.4) is 0 Å². The van der Waals surface area contributed by atoms with Crippen molar-refractivity contribution in [1.82, 2.24) is 0 Å². The van der Waals surface area contributed by atoms with Crippen molar-refractivity contribution in [3.05, 3.63) is 33.4 Å². The van der Waals surface area contributed by atoms with Crippen molar-refractivity contribution >= 4 is 22.6 Å². The van der Waals surface area contributed by atoms with Crippen molar-refractivity contribution in [3.8, 4) is 6.07 Å². The van der Waals surface area contributed by atoms with Crippen molar-refractivity contribution in [2.24, 2.45) is 0 Å². The fourth-order valence-electron chi connectivity index (χ4n) is 0.507. The van der Waals surface area contributed by atoms with E-state index in [0.717, 1.165) is 3.57 Å². The van der Waals surface area contributed by atoms with Crippen LogP contribution >= 0.6 is 22.6 Å². The summed E-state index contributed by atoms with van der Waals surface area (Å²) >= 11 is 2.12. The molecule has 0 aliphatic carbocycles. The highest BCUT2D eigenvalue weighted by atomic mass is 127. The average Bonchev–Trinajstić information content (AvgIpc) is 1.88. The minimum atomic E-state index is 0.693. The van der Waals surface area contributed by atoms with Gasteiger partial charge in [0.25, 0.3) is 0 Å². The van der Waals surface area contributed by atoms with Gasteiger partial charge in [0.15, 0.2) is 0 Å². The first kappa shape index (κ1) is 6.56. The van der Waals surface area contributed by atoms with Crippen molar-refractivity contribution < 1.29 is 0 Å². The van der Waals surface area contributed by atoms with Crippen LogP contribution in [0.4, 0.5) is 0 Å². The van der Waals surface area contributed by atoms with Gasteiger partial charge in [-0.25, -0.2) is 0 Å². The molecule has 2 heteroatoms. The fourth-order valence-corrected chi connectivity index (χ4v) is 1.02. The maximum atomic E-state index is 8.39. The van der Waals surface area contributed by atoms with E-state index in [2.05, 4.69) is 28.7 Å². The van der Waals surface area contributed by atoms with Crippen LogP contribution in [0.5, 0.6) is 0 Å². The molecule has 0 atom stereocenters. The van der Waals surface area contributed by atoms with E-state index in [9.17, 15) is 0 Å². The van der Waals surface area contributed by atoms with E-state index >= 15 is 0 Å². The SMILES string of the molecule is N#Cc1cc[c]c(I)c1. The van der Waals surface area contributed by atoms with Gasteiger partial charge in [0.2, 0.25) is 0 Å². The van der Waals surface area contributed by atoms with Crippen LogP contribution in [0.1, 0.15) is 5.56 Å². The maximum absolute atomic E-state index is 8.39. The van der Waals surface area contributed by atoms with Gasteiger partial charge in [0.05, 0.1) is 11.6 Å². The van der Waals surface area contributed by atoms with Gasteiger partial charge in [0.1, 0.15) is 0 Å². The molecule has 1 aromatic carbocycles. The Morgan fingerprint density at radius 3 is 2.89 bits per heavy atom. The third kappa shape index (κ3) is 1.68. The smallest absolute Gasteiger partial charge is 0.0991 e. The van der Waals surface area contributed by atoms with E-state index in [1.165, 1.54) is 0 Å². The lowest BCUT2D eigenvalue weighted by molar-refractivity contribution is 1.47. The highest BCUT2D eigenvalue weighted by Crippen LogP contribution is 2.04. The summed E-state index contributed by atoms with van der Waals surface area (Å²) in [6, 6.07) is 10.3. The number of nitriles is 1. The molecule has 1 radical (unpaired) electrons. The van der Waals surface area contributed by atoms with Gasteiger partial charge in [0, 0.05) is 3.57 Å². The normalized spacial score (nSPS) is 8.44. The monoisotopic (exact) mass is 228 g/mol. The number of hydrogen-bond donors (Lipinski definition) is 0. The number of benzene rings is 1. The Bertz CT molecular complexity index is 249. The lowest BCUT2D eigenvalue weighted by Crippen LogP contribution is -1.73. The molecule has 1 nitrogen and oxygen atoms in total. The Labute approximate surface area is 67.5 Å². The third-order valence-corrected chi connectivity index (χ3v) is 1.52. The summed E-state index contributed by atoms with van der Waals surface area (Å²) in [5.74, 6) is 0. The first-order valence-electron chi connectivity index (χ1n) is 2.40. The van der Waals surface area contributed by atoms with Crippen molar-refractivity contribution in [2.45, 2.75) is 0 Å². The minimum Gasteiger partial charge on any atom is -0.192 e. The van der Waals surface area contributed by atoms with Gasteiger partial charge in [-0.2, -0.15) is 5.26 Å². The van der Waals surface area contributed by atoms with Crippen LogP contribution in [0.2, 0.25) is 0 Å². The van der Waals surface area contributed by atoms with Gasteiger partial charge in [-0.15, -0.1) is 0 Å². The van der Waals surface area contributed by atoms with Gasteiger partial charge in [-0.05, 0) is 40.8 Å². The molecule has 1 rings (SSSR count). The Morgan fingerprint density at radius 1 is 1.67 bits per heavy atom. The van der Waals surface area contributed by atoms with Crippen LogP contribution in [0.25, 0.3) is 0 Å². The maximum Gasteiger partial charge on any atom is 0.0991 e. The van der Waals surface area contributed by atoms with E-state index in [1.807, 2.05) is 6.07 Å². The molecule has 0 aliphatic heterocycles. The molecule has 1 aromatic rings. The molecule has 9 heavy (non-hydrogen) atoms. The van der Waals surface area contributed by atoms with E-state index in [0.29, 0.717) is 5.56 Å². The number of nitrogens with zero attached hydrogens (tertiary/aromatic N) is 1. The highest BCUT2D eigenvalue weighted by Gasteiger charge is 1.88. The fraction of sp³-hybridized carbons (Fsp3) is 0. The second kappa shape index (κ2) is 2.83. The zero-order valence-corrected chi connectivity index (χ0v) is 6.71. The molecule has 0 bridgehead atoms. The number of rotatable bonds is 0. The molecule has 0 amide bonds. The van der Waals surface area contributed by atoms with E-state index in [-0.39, 0.29) is 0 Å². The summed E-state index contributed by atoms with van der Waals surface area (Å²) in [4.78, 5) is 0. The van der Waals surface area contributed by atoms with Gasteiger partial charge in [-0.1, -0.05) is 6.07 Å². The first-order chi connectivity index (χ1) is 4.33. The Balaban J connectivity index is 3.12. The van der Waals surface area contributed by atoms with E-state index in [1.54, 1.807) is 18.2 Å². The zero-order valence-electron chi connectivity index (χ0n) is 4.56. The number of halogens is 1. The molecule has 0 saturated carbocycles. The standard InChI is InChI=1S/C7H3IN/c8-7-3-1-2-6(4-7)5-9/h1-2,4H. The molecule has 0 spiro atoms. The van der Waals surface area contributed by atoms with Crippen LogP contribution in [0.15, 0.2) is 18.2 Å². The molecule has 43 valence electrons. The third-order valence-electron chi connectivity index (χ3n) is 0.895. The predicted molar refractivity (Wildman–Crippen MR) is 42.7 cm³/mol. The predicted octanol–water partition coefficient (Wildman–Crippen LogP) is 1.96.